The van der Waals surface area contributed by atoms with Crippen molar-refractivity contribution in [3.05, 3.63) is 23.3 Å². The van der Waals surface area contributed by atoms with E-state index in [4.69, 9.17) is 4.74 Å². The normalized spacial score (nSPS) is 46.3. The summed E-state index contributed by atoms with van der Waals surface area (Å²) in [6, 6.07) is 0. The van der Waals surface area contributed by atoms with E-state index in [1.54, 1.807) is 26.8 Å². The molecule has 0 aromatic carbocycles. The van der Waals surface area contributed by atoms with Gasteiger partial charge in [0.15, 0.2) is 5.78 Å². The number of ketones is 1. The van der Waals surface area contributed by atoms with Crippen LogP contribution in [0.15, 0.2) is 23.3 Å². The van der Waals surface area contributed by atoms with E-state index in [2.05, 4.69) is 0 Å². The number of hydrogen-bond acceptors (Lipinski definition) is 6. The fourth-order valence-electron chi connectivity index (χ4n) is 6.90. The molecule has 30 heavy (non-hydrogen) atoms. The molecule has 0 bridgehead atoms. The van der Waals surface area contributed by atoms with Crippen molar-refractivity contribution in [2.75, 3.05) is 6.61 Å². The molecule has 3 N–H and O–H groups in total. The summed E-state index contributed by atoms with van der Waals surface area (Å²) in [6.45, 7) is 11.0. The maximum absolute atomic E-state index is 12.9. The average Bonchev–Trinajstić information content (AvgIpc) is 3.06. The summed E-state index contributed by atoms with van der Waals surface area (Å²) >= 11 is 0. The number of rotatable bonds is 3. The third-order valence-corrected chi connectivity index (χ3v) is 8.63. The van der Waals surface area contributed by atoms with Crippen molar-refractivity contribution in [3.8, 4) is 0 Å². The van der Waals surface area contributed by atoms with Crippen molar-refractivity contribution in [1.82, 2.24) is 0 Å². The van der Waals surface area contributed by atoms with E-state index in [0.29, 0.717) is 17.6 Å². The molecule has 0 radical (unpaired) electrons. The SMILES string of the molecule is CC1=CC2[C@@]3(O)[C@H](C)C[C@]4(OC(=O)C(C)C)[C@H]([C@@H]3C=C(CO)C[C@]2(O)C1=O)C4(C)C. The Hall–Kier alpha value is -1.50. The predicted octanol–water partition coefficient (Wildman–Crippen LogP) is 2.17. The van der Waals surface area contributed by atoms with Crippen LogP contribution in [0.25, 0.3) is 0 Å². The number of ether oxygens (including phenoxy) is 1. The van der Waals surface area contributed by atoms with Crippen molar-refractivity contribution in [2.24, 2.45) is 35.0 Å². The van der Waals surface area contributed by atoms with Gasteiger partial charge in [-0.05, 0) is 30.4 Å². The highest BCUT2D eigenvalue weighted by Crippen LogP contribution is 2.76. The summed E-state index contributed by atoms with van der Waals surface area (Å²) < 4.78 is 6.10. The number of aliphatic hydroxyl groups excluding tert-OH is 1. The molecule has 4 aliphatic carbocycles. The highest BCUT2D eigenvalue weighted by atomic mass is 16.6. The highest BCUT2D eigenvalue weighted by Gasteiger charge is 2.83. The van der Waals surface area contributed by atoms with Crippen LogP contribution in [0.4, 0.5) is 0 Å². The summed E-state index contributed by atoms with van der Waals surface area (Å²) in [6.07, 6.45) is 4.02. The highest BCUT2D eigenvalue weighted by molar-refractivity contribution is 6.04. The quantitative estimate of drug-likeness (QED) is 0.479. The fraction of sp³-hybridized carbons (Fsp3) is 0.750. The predicted molar refractivity (Wildman–Crippen MR) is 110 cm³/mol. The molecule has 0 spiro atoms. The van der Waals surface area contributed by atoms with Crippen molar-refractivity contribution >= 4 is 11.8 Å². The van der Waals surface area contributed by atoms with E-state index >= 15 is 0 Å². The third-order valence-electron chi connectivity index (χ3n) is 8.63. The van der Waals surface area contributed by atoms with Gasteiger partial charge in [0.25, 0.3) is 0 Å². The molecule has 0 aromatic rings. The van der Waals surface area contributed by atoms with Crippen LogP contribution in [-0.2, 0) is 14.3 Å². The topological polar surface area (TPSA) is 104 Å². The molecule has 0 aliphatic heterocycles. The van der Waals surface area contributed by atoms with Gasteiger partial charge in [-0.15, -0.1) is 0 Å². The summed E-state index contributed by atoms with van der Waals surface area (Å²) in [7, 11) is 0. The minimum absolute atomic E-state index is 0.00169. The van der Waals surface area contributed by atoms with Crippen molar-refractivity contribution in [3.63, 3.8) is 0 Å². The van der Waals surface area contributed by atoms with Crippen LogP contribution in [-0.4, -0.2) is 50.5 Å². The van der Waals surface area contributed by atoms with Gasteiger partial charge in [-0.3, -0.25) is 9.59 Å². The van der Waals surface area contributed by atoms with E-state index in [9.17, 15) is 24.9 Å². The molecule has 6 nitrogen and oxygen atoms in total. The molecule has 0 saturated heterocycles. The Morgan fingerprint density at radius 3 is 2.47 bits per heavy atom. The van der Waals surface area contributed by atoms with Gasteiger partial charge in [0.1, 0.15) is 11.2 Å². The third kappa shape index (κ3) is 2.41. The van der Waals surface area contributed by atoms with Gasteiger partial charge < -0.3 is 20.1 Å². The number of Topliss-reactive ketones (excluding diaryl/α,β-unsaturated/α-hetero) is 1. The van der Waals surface area contributed by atoms with Crippen LogP contribution in [0.2, 0.25) is 0 Å². The Labute approximate surface area is 178 Å². The Morgan fingerprint density at radius 1 is 1.27 bits per heavy atom. The summed E-state index contributed by atoms with van der Waals surface area (Å²) in [5.41, 5.74) is -3.23. The smallest absolute Gasteiger partial charge is 0.308 e. The number of carbonyl (C=O) groups excluding carboxylic acids is 2. The van der Waals surface area contributed by atoms with Gasteiger partial charge in [-0.1, -0.05) is 46.8 Å². The van der Waals surface area contributed by atoms with E-state index in [-0.39, 0.29) is 47.9 Å². The lowest BCUT2D eigenvalue weighted by Crippen LogP contribution is -2.61. The van der Waals surface area contributed by atoms with E-state index in [1.165, 1.54) is 0 Å². The van der Waals surface area contributed by atoms with Crippen LogP contribution < -0.4 is 0 Å². The molecular weight excluding hydrogens is 384 g/mol. The first-order chi connectivity index (χ1) is 13.8. The number of fused-ring (bicyclic) bond motifs is 5. The second-order valence-corrected chi connectivity index (χ2v) is 10.9. The number of esters is 1. The second kappa shape index (κ2) is 6.27. The van der Waals surface area contributed by atoms with Crippen molar-refractivity contribution < 1.29 is 29.6 Å². The maximum atomic E-state index is 12.9. The molecule has 0 aromatic heterocycles. The first-order valence-corrected chi connectivity index (χ1v) is 11.0. The Morgan fingerprint density at radius 2 is 1.90 bits per heavy atom. The second-order valence-electron chi connectivity index (χ2n) is 10.9. The monoisotopic (exact) mass is 418 g/mol. The zero-order valence-corrected chi connectivity index (χ0v) is 18.7. The lowest BCUT2D eigenvalue weighted by molar-refractivity contribution is -0.188. The molecule has 2 fully saturated rings. The maximum Gasteiger partial charge on any atom is 0.308 e. The van der Waals surface area contributed by atoms with Crippen LogP contribution in [0, 0.1) is 35.0 Å². The van der Waals surface area contributed by atoms with Crippen LogP contribution in [0.1, 0.15) is 54.4 Å². The van der Waals surface area contributed by atoms with Gasteiger partial charge >= 0.3 is 5.97 Å². The first-order valence-electron chi connectivity index (χ1n) is 11.0. The molecular formula is C24H34O6. The summed E-state index contributed by atoms with van der Waals surface area (Å²) in [5.74, 6) is -2.62. The average molecular weight is 419 g/mol. The van der Waals surface area contributed by atoms with Crippen LogP contribution >= 0.6 is 0 Å². The largest absolute Gasteiger partial charge is 0.458 e. The van der Waals surface area contributed by atoms with Gasteiger partial charge in [-0.25, -0.2) is 0 Å². The molecule has 166 valence electrons. The lowest BCUT2D eigenvalue weighted by atomic mass is 9.60. The molecule has 0 amide bonds. The minimum Gasteiger partial charge on any atom is -0.458 e. The zero-order chi connectivity index (χ0) is 22.4. The van der Waals surface area contributed by atoms with Gasteiger partial charge in [0.2, 0.25) is 0 Å². The molecule has 0 heterocycles. The van der Waals surface area contributed by atoms with Crippen LogP contribution in [0.5, 0.6) is 0 Å². The van der Waals surface area contributed by atoms with Gasteiger partial charge in [0, 0.05) is 29.6 Å². The fourth-order valence-corrected chi connectivity index (χ4v) is 6.90. The van der Waals surface area contributed by atoms with E-state index in [0.717, 1.165) is 0 Å². The number of hydrogen-bond donors (Lipinski definition) is 3. The number of aliphatic hydroxyl groups is 3. The summed E-state index contributed by atoms with van der Waals surface area (Å²) in [4.78, 5) is 25.4. The summed E-state index contributed by atoms with van der Waals surface area (Å²) in [5, 5.41) is 33.6. The molecule has 1 unspecified atom stereocenters. The number of carbonyl (C=O) groups is 2. The molecule has 4 aliphatic rings. The Kier molecular flexibility index (Phi) is 4.54. The van der Waals surface area contributed by atoms with Gasteiger partial charge in [-0.2, -0.15) is 0 Å². The van der Waals surface area contributed by atoms with Gasteiger partial charge in [0.05, 0.1) is 18.1 Å². The standard InChI is InChI=1S/C24H34O6/c1-12(2)20(27)30-23-9-14(4)24(29)16(18(23)21(23,5)6)8-15(11-25)10-22(28)17(24)7-13(3)19(22)26/h7-8,12,14,16-18,25,28-29H,9-11H2,1-6H3/t14-,16+,17?,18-,22-,23+,24-/m1/s1. The minimum atomic E-state index is -1.76. The molecule has 2 saturated carbocycles. The molecule has 7 atom stereocenters. The van der Waals surface area contributed by atoms with E-state index < -0.39 is 28.6 Å². The van der Waals surface area contributed by atoms with Crippen molar-refractivity contribution in [2.45, 2.75) is 71.2 Å². The molecule has 4 rings (SSSR count). The zero-order valence-electron chi connectivity index (χ0n) is 18.7. The molecule has 6 heteroatoms. The van der Waals surface area contributed by atoms with E-state index in [1.807, 2.05) is 26.8 Å². The Balaban J connectivity index is 1.86. The van der Waals surface area contributed by atoms with Crippen molar-refractivity contribution in [1.29, 1.82) is 0 Å². The Bertz CT molecular complexity index is 869. The van der Waals surface area contributed by atoms with Crippen LogP contribution in [0.3, 0.4) is 0 Å². The first kappa shape index (κ1) is 21.7. The lowest BCUT2D eigenvalue weighted by Gasteiger charge is -2.50.